The lowest BCUT2D eigenvalue weighted by Gasteiger charge is -2.23. The second kappa shape index (κ2) is 12.0. The molecule has 3 aromatic rings. The van der Waals surface area contributed by atoms with Gasteiger partial charge in [-0.05, 0) is 55.6 Å². The lowest BCUT2D eigenvalue weighted by molar-refractivity contribution is -0.378. The number of halogens is 1. The molecule has 1 aliphatic carbocycles. The van der Waals surface area contributed by atoms with Gasteiger partial charge in [0, 0.05) is 25.6 Å². The number of esters is 1. The molecule has 1 heterocycles. The van der Waals surface area contributed by atoms with E-state index < -0.39 is 31.3 Å². The first kappa shape index (κ1) is 29.0. The van der Waals surface area contributed by atoms with E-state index in [1.807, 2.05) is 48.5 Å². The first-order chi connectivity index (χ1) is 18.6. The molecule has 208 valence electrons. The molecule has 0 aliphatic heterocycles. The summed E-state index contributed by atoms with van der Waals surface area (Å²) in [5.74, 6) is -0.762. The smallest absolute Gasteiger partial charge is 0.313 e. The lowest BCUT2D eigenvalue weighted by atomic mass is 9.93. The maximum absolute atomic E-state index is 13.2. The van der Waals surface area contributed by atoms with Crippen molar-refractivity contribution in [3.8, 4) is 5.75 Å². The standard InChI is InChI=1S/C29H35ClN2O6Si/c1-5-36-28(34)29(18-24(29)27(33)32(38-35)14-15-39(2,3)4)17-20-10-12-22(13-11-20)37-19-21-16-26(30)31-25-9-7-6-8-23(21)25/h6-13,16,24,35H,5,14-15,17-19H2,1-4H3. The SMILES string of the molecule is CCOC(=O)C1(Cc2ccc(OCc3cc(Cl)nc4ccccc34)cc2)CC1C(=O)N(CC[Si](C)(C)C)OO. The quantitative estimate of drug-likeness (QED) is 0.0916. The number of amides is 1. The van der Waals surface area contributed by atoms with Crippen LogP contribution in [0.15, 0.2) is 54.6 Å². The zero-order valence-corrected chi connectivity index (χ0v) is 24.5. The molecule has 10 heteroatoms. The fourth-order valence-corrected chi connectivity index (χ4v) is 5.86. The largest absolute Gasteiger partial charge is 0.489 e. The number of benzene rings is 2. The van der Waals surface area contributed by atoms with Crippen LogP contribution in [-0.4, -0.2) is 48.4 Å². The Hall–Kier alpha value is -2.98. The number of aromatic nitrogens is 1. The monoisotopic (exact) mass is 570 g/mol. The third kappa shape index (κ3) is 6.97. The van der Waals surface area contributed by atoms with Crippen LogP contribution >= 0.6 is 11.6 Å². The van der Waals surface area contributed by atoms with Crippen LogP contribution < -0.4 is 4.74 Å². The van der Waals surface area contributed by atoms with E-state index in [2.05, 4.69) is 29.6 Å². The van der Waals surface area contributed by atoms with E-state index in [4.69, 9.17) is 21.1 Å². The van der Waals surface area contributed by atoms with Crippen molar-refractivity contribution >= 4 is 42.5 Å². The number of hydrogen-bond donors (Lipinski definition) is 1. The number of fused-ring (bicyclic) bond motifs is 1. The highest BCUT2D eigenvalue weighted by Crippen LogP contribution is 2.56. The van der Waals surface area contributed by atoms with Crippen LogP contribution in [0.1, 0.15) is 24.5 Å². The number of hydrogen-bond acceptors (Lipinski definition) is 7. The third-order valence-electron chi connectivity index (χ3n) is 7.07. The predicted octanol–water partition coefficient (Wildman–Crippen LogP) is 6.15. The van der Waals surface area contributed by atoms with Crippen molar-refractivity contribution < 1.29 is 29.3 Å². The Morgan fingerprint density at radius 2 is 1.87 bits per heavy atom. The molecule has 0 bridgehead atoms. The minimum atomic E-state index is -1.48. The van der Waals surface area contributed by atoms with Crippen molar-refractivity contribution in [1.29, 1.82) is 0 Å². The number of pyridine rings is 1. The van der Waals surface area contributed by atoms with Gasteiger partial charge in [0.1, 0.15) is 17.5 Å². The molecule has 8 nitrogen and oxygen atoms in total. The summed E-state index contributed by atoms with van der Waals surface area (Å²) >= 11 is 6.19. The first-order valence-corrected chi connectivity index (χ1v) is 17.2. The second-order valence-electron chi connectivity index (χ2n) is 11.2. The summed E-state index contributed by atoms with van der Waals surface area (Å²) in [7, 11) is -1.48. The van der Waals surface area contributed by atoms with Gasteiger partial charge in [-0.3, -0.25) is 9.59 Å². The van der Waals surface area contributed by atoms with Gasteiger partial charge in [-0.25, -0.2) is 10.2 Å². The highest BCUT2D eigenvalue weighted by Gasteiger charge is 2.65. The number of ether oxygens (including phenoxy) is 2. The number of nitrogens with zero attached hydrogens (tertiary/aromatic N) is 2. The van der Waals surface area contributed by atoms with Crippen LogP contribution in [0.5, 0.6) is 5.75 Å². The first-order valence-electron chi connectivity index (χ1n) is 13.1. The van der Waals surface area contributed by atoms with Crippen molar-refractivity contribution in [2.75, 3.05) is 13.2 Å². The molecule has 1 saturated carbocycles. The van der Waals surface area contributed by atoms with Crippen LogP contribution in [0.25, 0.3) is 10.9 Å². The maximum Gasteiger partial charge on any atom is 0.313 e. The minimum Gasteiger partial charge on any atom is -0.489 e. The molecule has 1 aliphatic rings. The second-order valence-corrected chi connectivity index (χ2v) is 17.2. The van der Waals surface area contributed by atoms with E-state index in [-0.39, 0.29) is 13.2 Å². The molecular weight excluding hydrogens is 536 g/mol. The van der Waals surface area contributed by atoms with Crippen molar-refractivity contribution in [3.63, 3.8) is 0 Å². The molecule has 0 radical (unpaired) electrons. The Labute approximate surface area is 234 Å². The van der Waals surface area contributed by atoms with Gasteiger partial charge in [-0.2, -0.15) is 5.06 Å². The van der Waals surface area contributed by atoms with Crippen LogP contribution in [0.2, 0.25) is 30.8 Å². The molecule has 1 amide bonds. The normalized spacial score (nSPS) is 18.6. The fourth-order valence-electron chi connectivity index (χ4n) is 4.76. The molecule has 1 N–H and O–H groups in total. The summed E-state index contributed by atoms with van der Waals surface area (Å²) in [6.45, 7) is 9.09. The third-order valence-corrected chi connectivity index (χ3v) is 8.99. The summed E-state index contributed by atoms with van der Waals surface area (Å²) in [6.07, 6.45) is 0.673. The molecule has 0 spiro atoms. The number of para-hydroxylation sites is 1. The van der Waals surface area contributed by atoms with E-state index in [0.29, 0.717) is 30.4 Å². The van der Waals surface area contributed by atoms with Gasteiger partial charge in [0.15, 0.2) is 0 Å². The molecular formula is C29H35ClN2O6Si. The number of hydroxylamine groups is 2. The molecule has 0 saturated heterocycles. The van der Waals surface area contributed by atoms with Crippen LogP contribution in [0.4, 0.5) is 0 Å². The van der Waals surface area contributed by atoms with Gasteiger partial charge in [-0.1, -0.05) is 61.6 Å². The number of carbonyl (C=O) groups is 2. The van der Waals surface area contributed by atoms with Crippen LogP contribution in [-0.2, 0) is 32.3 Å². The van der Waals surface area contributed by atoms with Gasteiger partial charge in [0.25, 0.3) is 5.91 Å². The summed E-state index contributed by atoms with van der Waals surface area (Å²) in [4.78, 5) is 35.0. The fraction of sp³-hybridized carbons (Fsp3) is 0.414. The van der Waals surface area contributed by atoms with Gasteiger partial charge in [0.2, 0.25) is 0 Å². The molecule has 1 aromatic heterocycles. The van der Waals surface area contributed by atoms with Crippen LogP contribution in [0, 0.1) is 11.3 Å². The molecule has 2 unspecified atom stereocenters. The van der Waals surface area contributed by atoms with Gasteiger partial charge < -0.3 is 9.47 Å². The molecule has 2 atom stereocenters. The topological polar surface area (TPSA) is 98.2 Å². The van der Waals surface area contributed by atoms with Crippen LogP contribution in [0.3, 0.4) is 0 Å². The minimum absolute atomic E-state index is 0.220. The Kier molecular flexibility index (Phi) is 8.95. The van der Waals surface area contributed by atoms with Gasteiger partial charge in [-0.15, -0.1) is 4.99 Å². The predicted molar refractivity (Wildman–Crippen MR) is 152 cm³/mol. The van der Waals surface area contributed by atoms with Crippen molar-refractivity contribution in [3.05, 3.63) is 70.9 Å². The van der Waals surface area contributed by atoms with E-state index in [9.17, 15) is 14.8 Å². The summed E-state index contributed by atoms with van der Waals surface area (Å²) in [5.41, 5.74) is 1.63. The lowest BCUT2D eigenvalue weighted by Crippen LogP contribution is -2.38. The molecule has 39 heavy (non-hydrogen) atoms. The molecule has 2 aromatic carbocycles. The van der Waals surface area contributed by atoms with E-state index in [1.54, 1.807) is 13.0 Å². The van der Waals surface area contributed by atoms with Gasteiger partial charge in [0.05, 0.1) is 23.5 Å². The van der Waals surface area contributed by atoms with Gasteiger partial charge >= 0.3 is 5.97 Å². The van der Waals surface area contributed by atoms with Crippen molar-refractivity contribution in [2.24, 2.45) is 11.3 Å². The molecule has 4 rings (SSSR count). The summed E-state index contributed by atoms with van der Waals surface area (Å²) in [6, 6.07) is 17.8. The van der Waals surface area contributed by atoms with E-state index in [1.165, 1.54) is 0 Å². The Morgan fingerprint density at radius 3 is 2.54 bits per heavy atom. The average Bonchev–Trinajstić information content (AvgIpc) is 3.63. The molecule has 1 fully saturated rings. The zero-order chi connectivity index (χ0) is 28.2. The van der Waals surface area contributed by atoms with Crippen molar-refractivity contribution in [2.45, 2.75) is 52.1 Å². The number of rotatable bonds is 12. The Balaban J connectivity index is 1.44. The van der Waals surface area contributed by atoms with Crippen molar-refractivity contribution in [1.82, 2.24) is 10.0 Å². The zero-order valence-electron chi connectivity index (χ0n) is 22.8. The highest BCUT2D eigenvalue weighted by molar-refractivity contribution is 6.76. The summed E-state index contributed by atoms with van der Waals surface area (Å²) in [5, 5.41) is 11.8. The number of carbonyl (C=O) groups excluding carboxylic acids is 2. The Bertz CT molecular complexity index is 1330. The Morgan fingerprint density at radius 1 is 1.15 bits per heavy atom. The van der Waals surface area contributed by atoms with E-state index in [0.717, 1.165) is 33.1 Å². The summed E-state index contributed by atoms with van der Waals surface area (Å²) < 4.78 is 11.4. The van der Waals surface area contributed by atoms with E-state index >= 15 is 0 Å². The maximum atomic E-state index is 13.2. The highest BCUT2D eigenvalue weighted by atomic mass is 35.5. The average molecular weight is 571 g/mol.